The van der Waals surface area contributed by atoms with E-state index in [0.717, 1.165) is 29.9 Å². The highest BCUT2D eigenvalue weighted by Gasteiger charge is 2.42. The molecule has 1 fully saturated rings. The molecule has 216 valence electrons. The predicted molar refractivity (Wildman–Crippen MR) is 136 cm³/mol. The molecule has 15 heteroatoms. The Bertz CT molecular complexity index is 1530. The highest BCUT2D eigenvalue weighted by Crippen LogP contribution is 2.46. The van der Waals surface area contributed by atoms with Gasteiger partial charge in [-0.15, -0.1) is 11.3 Å². The van der Waals surface area contributed by atoms with Crippen molar-refractivity contribution in [3.05, 3.63) is 52.4 Å². The zero-order valence-corrected chi connectivity index (χ0v) is 22.6. The second-order valence-corrected chi connectivity index (χ2v) is 11.6. The molecule has 1 heterocycles. The van der Waals surface area contributed by atoms with E-state index in [1.54, 1.807) is 6.07 Å². The predicted octanol–water partition coefficient (Wildman–Crippen LogP) is 6.44. The topological polar surface area (TPSA) is 115 Å². The third-order valence-corrected chi connectivity index (χ3v) is 8.99. The number of ether oxygens (including phenoxy) is 2. The Labute approximate surface area is 229 Å². The van der Waals surface area contributed by atoms with Gasteiger partial charge in [0.1, 0.15) is 16.6 Å². The molecule has 0 spiro atoms. The van der Waals surface area contributed by atoms with Crippen LogP contribution in [0.3, 0.4) is 0 Å². The summed E-state index contributed by atoms with van der Waals surface area (Å²) in [4.78, 5) is 15.2. The van der Waals surface area contributed by atoms with Gasteiger partial charge in [0.15, 0.2) is 16.6 Å². The molecular formula is C25H23F5N2O6S2. The number of carbonyl (C=O) groups is 1. The van der Waals surface area contributed by atoms with Crippen molar-refractivity contribution in [2.45, 2.75) is 42.8 Å². The number of aromatic nitrogens is 1. The molecule has 3 aromatic rings. The number of methoxy groups -OCH3 is 2. The first-order valence-electron chi connectivity index (χ1n) is 11.8. The minimum atomic E-state index is -4.44. The Morgan fingerprint density at radius 1 is 1.10 bits per heavy atom. The number of rotatable bonds is 8. The molecule has 1 saturated carbocycles. The van der Waals surface area contributed by atoms with Gasteiger partial charge in [0.25, 0.3) is 10.0 Å². The average molecular weight is 607 g/mol. The summed E-state index contributed by atoms with van der Waals surface area (Å²) in [5.41, 5.74) is -0.756. The molecule has 0 saturated heterocycles. The van der Waals surface area contributed by atoms with Gasteiger partial charge in [-0.1, -0.05) is 6.07 Å². The van der Waals surface area contributed by atoms with Gasteiger partial charge >= 0.3 is 12.1 Å². The molecule has 1 aromatic heterocycles. The molecule has 0 bridgehead atoms. The minimum Gasteiger partial charge on any atom is -0.495 e. The molecule has 2 aromatic carbocycles. The van der Waals surface area contributed by atoms with Gasteiger partial charge in [-0.25, -0.2) is 18.6 Å². The Balaban J connectivity index is 1.60. The summed E-state index contributed by atoms with van der Waals surface area (Å²) < 4.78 is 107. The molecule has 2 N–H and O–H groups in total. The van der Waals surface area contributed by atoms with Gasteiger partial charge in [-0.05, 0) is 43.7 Å². The van der Waals surface area contributed by atoms with Gasteiger partial charge in [0.05, 0.1) is 37.0 Å². The number of halogens is 5. The van der Waals surface area contributed by atoms with Crippen molar-refractivity contribution in [3.63, 3.8) is 0 Å². The normalized spacial score (nSPS) is 17.9. The van der Waals surface area contributed by atoms with Crippen molar-refractivity contribution >= 4 is 33.0 Å². The van der Waals surface area contributed by atoms with Crippen molar-refractivity contribution in [1.29, 1.82) is 0 Å². The number of thiazole rings is 1. The smallest absolute Gasteiger partial charge is 0.391 e. The van der Waals surface area contributed by atoms with Crippen LogP contribution in [0.5, 0.6) is 11.5 Å². The maximum Gasteiger partial charge on any atom is 0.391 e. The van der Waals surface area contributed by atoms with Crippen LogP contribution in [0.15, 0.2) is 34.7 Å². The van der Waals surface area contributed by atoms with Crippen LogP contribution in [0.25, 0.3) is 10.6 Å². The van der Waals surface area contributed by atoms with Gasteiger partial charge < -0.3 is 14.6 Å². The largest absolute Gasteiger partial charge is 0.495 e. The average Bonchev–Trinajstić information content (AvgIpc) is 3.39. The summed E-state index contributed by atoms with van der Waals surface area (Å²) in [7, 11) is -2.07. The molecule has 0 aliphatic heterocycles. The lowest BCUT2D eigenvalue weighted by molar-refractivity contribution is -0.182. The fourth-order valence-corrected chi connectivity index (χ4v) is 6.84. The lowest BCUT2D eigenvalue weighted by Crippen LogP contribution is -2.27. The van der Waals surface area contributed by atoms with Crippen LogP contribution in [0.1, 0.15) is 47.5 Å². The lowest BCUT2D eigenvalue weighted by Gasteiger charge is -2.31. The van der Waals surface area contributed by atoms with Crippen molar-refractivity contribution in [1.82, 2.24) is 4.98 Å². The maximum absolute atomic E-state index is 15.5. The number of nitrogens with zero attached hydrogens (tertiary/aromatic N) is 1. The first-order valence-corrected chi connectivity index (χ1v) is 14.2. The van der Waals surface area contributed by atoms with Crippen LogP contribution in [-0.2, 0) is 10.0 Å². The number of hydrogen-bond acceptors (Lipinski definition) is 7. The van der Waals surface area contributed by atoms with Crippen molar-refractivity contribution < 1.29 is 49.7 Å². The fourth-order valence-electron chi connectivity index (χ4n) is 4.67. The summed E-state index contributed by atoms with van der Waals surface area (Å²) in [6.45, 7) is 0. The number of alkyl halides is 3. The number of anilines is 1. The van der Waals surface area contributed by atoms with Crippen LogP contribution in [-0.4, -0.2) is 44.9 Å². The van der Waals surface area contributed by atoms with Crippen molar-refractivity contribution in [2.75, 3.05) is 18.9 Å². The summed E-state index contributed by atoms with van der Waals surface area (Å²) in [6.07, 6.45) is -4.00. The van der Waals surface area contributed by atoms with Crippen molar-refractivity contribution in [2.24, 2.45) is 5.92 Å². The highest BCUT2D eigenvalue weighted by atomic mass is 32.2. The van der Waals surface area contributed by atoms with E-state index >= 15 is 4.39 Å². The third-order valence-electron chi connectivity index (χ3n) is 6.71. The number of aromatic carboxylic acids is 1. The SMILES string of the molecule is COc1cc(C(=O)O)c(F)cc1NS(=O)(=O)c1csc(-c2ccc([C@H]3CC[C@@H](C(F)(F)F)CC3)c(OC)c2F)n1. The zero-order chi connectivity index (χ0) is 29.4. The van der Waals surface area contributed by atoms with Crippen LogP contribution >= 0.6 is 11.3 Å². The van der Waals surface area contributed by atoms with E-state index in [1.165, 1.54) is 13.2 Å². The molecule has 0 amide bonds. The van der Waals surface area contributed by atoms with E-state index < -0.39 is 50.3 Å². The van der Waals surface area contributed by atoms with E-state index in [1.807, 2.05) is 0 Å². The molecule has 8 nitrogen and oxygen atoms in total. The number of sulfonamides is 1. The van der Waals surface area contributed by atoms with E-state index in [0.29, 0.717) is 11.6 Å². The molecule has 0 radical (unpaired) electrons. The first kappa shape index (κ1) is 29.5. The highest BCUT2D eigenvalue weighted by molar-refractivity contribution is 7.92. The lowest BCUT2D eigenvalue weighted by atomic mass is 9.78. The molecule has 1 aliphatic rings. The minimum absolute atomic E-state index is 0.0251. The van der Waals surface area contributed by atoms with Crippen LogP contribution in [0.4, 0.5) is 27.6 Å². The third kappa shape index (κ3) is 5.84. The quantitative estimate of drug-likeness (QED) is 0.284. The number of nitrogens with one attached hydrogen (secondary N) is 1. The van der Waals surface area contributed by atoms with Gasteiger partial charge in [-0.2, -0.15) is 21.6 Å². The van der Waals surface area contributed by atoms with Gasteiger partial charge in [0, 0.05) is 17.0 Å². The molecule has 0 unspecified atom stereocenters. The summed E-state index contributed by atoms with van der Waals surface area (Å²) in [6, 6.07) is 4.38. The number of benzene rings is 2. The Morgan fingerprint density at radius 2 is 1.77 bits per heavy atom. The number of hydrogen-bond donors (Lipinski definition) is 2. The summed E-state index contributed by atoms with van der Waals surface area (Å²) in [5.74, 6) is -5.75. The molecule has 0 atom stereocenters. The van der Waals surface area contributed by atoms with Gasteiger partial charge in [-0.3, -0.25) is 4.72 Å². The summed E-state index contributed by atoms with van der Waals surface area (Å²) >= 11 is 0.803. The fraction of sp³-hybridized carbons (Fsp3) is 0.360. The van der Waals surface area contributed by atoms with E-state index in [-0.39, 0.29) is 59.4 Å². The second kappa shape index (κ2) is 11.2. The summed E-state index contributed by atoms with van der Waals surface area (Å²) in [5, 5.41) is 9.65. The Morgan fingerprint density at radius 3 is 2.35 bits per heavy atom. The Kier molecular flexibility index (Phi) is 8.26. The van der Waals surface area contributed by atoms with E-state index in [4.69, 9.17) is 14.6 Å². The molecular weight excluding hydrogens is 583 g/mol. The molecule has 4 rings (SSSR count). The van der Waals surface area contributed by atoms with Crippen LogP contribution in [0.2, 0.25) is 0 Å². The molecule has 1 aliphatic carbocycles. The van der Waals surface area contributed by atoms with E-state index in [9.17, 15) is 30.8 Å². The van der Waals surface area contributed by atoms with Crippen molar-refractivity contribution in [3.8, 4) is 22.1 Å². The molecule has 40 heavy (non-hydrogen) atoms. The van der Waals surface area contributed by atoms with Crippen LogP contribution < -0.4 is 14.2 Å². The maximum atomic E-state index is 15.5. The van der Waals surface area contributed by atoms with Gasteiger partial charge in [0.2, 0.25) is 0 Å². The first-order chi connectivity index (χ1) is 18.8. The number of carboxylic acid groups (broad SMARTS) is 1. The van der Waals surface area contributed by atoms with Crippen LogP contribution in [0, 0.1) is 17.6 Å². The van der Waals surface area contributed by atoms with E-state index in [2.05, 4.69) is 9.71 Å². The Hall–Kier alpha value is -3.46. The standard InChI is InChI=1S/C25H23F5N2O6S2/c1-37-19-9-16(24(33)34)17(26)10-18(19)32-40(35,36)20-11-39-23(31-20)15-8-7-14(22(38-2)21(15)27)12-3-5-13(6-4-12)25(28,29)30/h7-13,32H,3-6H2,1-2H3,(H,33,34)/t12-,13+. The monoisotopic (exact) mass is 606 g/mol. The second-order valence-electron chi connectivity index (χ2n) is 9.07. The zero-order valence-electron chi connectivity index (χ0n) is 21.0. The number of carboxylic acids is 1.